The Kier molecular flexibility index (Phi) is 7.73. The highest BCUT2D eigenvalue weighted by Gasteiger charge is 1.92. The van der Waals surface area contributed by atoms with E-state index in [1.807, 2.05) is 0 Å². The molecule has 0 aromatic rings. The summed E-state index contributed by atoms with van der Waals surface area (Å²) in [6.45, 7) is -0.483. The lowest BCUT2D eigenvalue weighted by atomic mass is 10.4. The summed E-state index contributed by atoms with van der Waals surface area (Å²) in [5.41, 5.74) is 0. The van der Waals surface area contributed by atoms with Gasteiger partial charge in [0.2, 0.25) is 0 Å². The van der Waals surface area contributed by atoms with Gasteiger partial charge in [-0.2, -0.15) is 0 Å². The Labute approximate surface area is 40.7 Å². The molecule has 1 atom stereocenters. The molecule has 0 spiro atoms. The van der Waals surface area contributed by atoms with Gasteiger partial charge >= 0.3 is 0 Å². The second kappa shape index (κ2) is 5.55. The van der Waals surface area contributed by atoms with Crippen LogP contribution in [0, 0.1) is 0 Å². The highest BCUT2D eigenvalue weighted by molar-refractivity contribution is 5.55. The minimum Gasteiger partial charge on any atom is -0.412 e. The highest BCUT2D eigenvalue weighted by Crippen LogP contribution is 1.66. The molecule has 0 saturated carbocycles. The monoisotopic (exact) mass is 108 g/mol. The third-order valence-corrected chi connectivity index (χ3v) is 0.344. The highest BCUT2D eigenvalue weighted by atomic mass is 16.3. The Balaban J connectivity index is 0. The van der Waals surface area contributed by atoms with Crippen molar-refractivity contribution in [2.45, 2.75) is 6.10 Å². The van der Waals surface area contributed by atoms with E-state index in [0.717, 1.165) is 0 Å². The van der Waals surface area contributed by atoms with E-state index in [2.05, 4.69) is 0 Å². The second-order valence-corrected chi connectivity index (χ2v) is 0.886. The maximum atomic E-state index is 9.33. The molecule has 0 aromatic carbocycles. The molecule has 0 heterocycles. The number of rotatable bonds is 2. The lowest BCUT2D eigenvalue weighted by Gasteiger charge is -1.89. The van der Waals surface area contributed by atoms with E-state index in [0.29, 0.717) is 0 Å². The molecule has 0 amide bonds. The second-order valence-electron chi connectivity index (χ2n) is 0.886. The zero-order valence-corrected chi connectivity index (χ0v) is 3.66. The van der Waals surface area contributed by atoms with Crippen molar-refractivity contribution in [3.05, 3.63) is 0 Å². The first-order valence-corrected chi connectivity index (χ1v) is 1.55. The predicted octanol–water partition coefficient (Wildman–Crippen LogP) is -2.29. The Morgan fingerprint density at radius 1 is 1.71 bits per heavy atom. The zero-order valence-electron chi connectivity index (χ0n) is 3.66. The van der Waals surface area contributed by atoms with Gasteiger partial charge in [0.25, 0.3) is 0 Å². The van der Waals surface area contributed by atoms with Gasteiger partial charge in [-0.3, -0.25) is 0 Å². The summed E-state index contributed by atoms with van der Waals surface area (Å²) in [6.07, 6.45) is -0.912. The molecule has 0 aromatic heterocycles. The topological polar surface area (TPSA) is 89.0 Å². The van der Waals surface area contributed by atoms with Crippen LogP contribution in [-0.4, -0.2) is 34.7 Å². The van der Waals surface area contributed by atoms with Crippen LogP contribution in [-0.2, 0) is 4.79 Å². The van der Waals surface area contributed by atoms with E-state index in [9.17, 15) is 4.79 Å². The van der Waals surface area contributed by atoms with Crippen LogP contribution in [0.5, 0.6) is 0 Å². The van der Waals surface area contributed by atoms with Crippen LogP contribution in [0.25, 0.3) is 0 Å². The number of aldehydes is 1. The normalized spacial score (nSPS) is 11.7. The number of hydrogen-bond acceptors (Lipinski definition) is 3. The third kappa shape index (κ3) is 5.55. The van der Waals surface area contributed by atoms with Crippen molar-refractivity contribution in [2.75, 3.05) is 6.61 Å². The summed E-state index contributed by atoms with van der Waals surface area (Å²) in [4.78, 5) is 9.33. The van der Waals surface area contributed by atoms with Crippen molar-refractivity contribution in [1.82, 2.24) is 0 Å². The molecule has 44 valence electrons. The Morgan fingerprint density at radius 2 is 2.14 bits per heavy atom. The molecule has 4 nitrogen and oxygen atoms in total. The van der Waals surface area contributed by atoms with Gasteiger partial charge < -0.3 is 20.5 Å². The number of carbonyl (C=O) groups excluding carboxylic acids is 1. The van der Waals surface area contributed by atoms with Gasteiger partial charge in [0.15, 0.2) is 6.29 Å². The fraction of sp³-hybridized carbons (Fsp3) is 0.667. The zero-order chi connectivity index (χ0) is 4.99. The van der Waals surface area contributed by atoms with Crippen LogP contribution in [0.3, 0.4) is 0 Å². The minimum absolute atomic E-state index is 0. The summed E-state index contributed by atoms with van der Waals surface area (Å²) in [6, 6.07) is 0. The largest absolute Gasteiger partial charge is 0.412 e. The summed E-state index contributed by atoms with van der Waals surface area (Å²) in [7, 11) is 0. The lowest BCUT2D eigenvalue weighted by Crippen LogP contribution is -2.12. The first kappa shape index (κ1) is 9.75. The van der Waals surface area contributed by atoms with Crippen molar-refractivity contribution in [2.24, 2.45) is 0 Å². The molecule has 0 unspecified atom stereocenters. The number of carbonyl (C=O) groups is 1. The van der Waals surface area contributed by atoms with E-state index in [-0.39, 0.29) is 11.8 Å². The van der Waals surface area contributed by atoms with E-state index in [1.54, 1.807) is 0 Å². The molecule has 0 aliphatic carbocycles. The number of hydrogen-bond donors (Lipinski definition) is 2. The summed E-state index contributed by atoms with van der Waals surface area (Å²) in [5, 5.41) is 15.9. The minimum atomic E-state index is -1.19. The van der Waals surface area contributed by atoms with E-state index >= 15 is 0 Å². The van der Waals surface area contributed by atoms with Crippen molar-refractivity contribution < 1.29 is 20.5 Å². The van der Waals surface area contributed by atoms with E-state index in [1.165, 1.54) is 0 Å². The van der Waals surface area contributed by atoms with Gasteiger partial charge in [-0.1, -0.05) is 0 Å². The van der Waals surface area contributed by atoms with Crippen molar-refractivity contribution in [3.8, 4) is 0 Å². The molecule has 0 rings (SSSR count). The van der Waals surface area contributed by atoms with Gasteiger partial charge in [-0.05, 0) is 0 Å². The van der Waals surface area contributed by atoms with Crippen LogP contribution in [0.4, 0.5) is 0 Å². The molecule has 0 radical (unpaired) electrons. The Bertz CT molecular complexity index is 44.2. The molecular weight excluding hydrogens is 100 g/mol. The fourth-order valence-electron chi connectivity index (χ4n) is 0.0430. The molecule has 0 aliphatic rings. The first-order valence-electron chi connectivity index (χ1n) is 1.55. The predicted molar refractivity (Wildman–Crippen MR) is 22.8 cm³/mol. The quantitative estimate of drug-likeness (QED) is 0.390. The fourth-order valence-corrected chi connectivity index (χ4v) is 0.0430. The molecule has 0 fully saturated rings. The Hall–Kier alpha value is -0.450. The van der Waals surface area contributed by atoms with Crippen LogP contribution in [0.1, 0.15) is 0 Å². The van der Waals surface area contributed by atoms with Gasteiger partial charge in [-0.25, -0.2) is 0 Å². The SMILES string of the molecule is O.O=C[C@H](O)CO. The molecule has 0 aliphatic heterocycles. The van der Waals surface area contributed by atoms with Crippen LogP contribution >= 0.6 is 0 Å². The van der Waals surface area contributed by atoms with Crippen molar-refractivity contribution >= 4 is 6.29 Å². The summed E-state index contributed by atoms with van der Waals surface area (Å²) >= 11 is 0. The summed E-state index contributed by atoms with van der Waals surface area (Å²) < 4.78 is 0. The molecule has 7 heavy (non-hydrogen) atoms. The van der Waals surface area contributed by atoms with Crippen molar-refractivity contribution in [3.63, 3.8) is 0 Å². The summed E-state index contributed by atoms with van der Waals surface area (Å²) in [5.74, 6) is 0. The van der Waals surface area contributed by atoms with Gasteiger partial charge in [0.05, 0.1) is 6.61 Å². The van der Waals surface area contributed by atoms with E-state index in [4.69, 9.17) is 10.2 Å². The Morgan fingerprint density at radius 3 is 2.14 bits per heavy atom. The molecule has 4 N–H and O–H groups in total. The molecule has 0 bridgehead atoms. The number of aliphatic hydroxyl groups is 2. The van der Waals surface area contributed by atoms with Crippen LogP contribution in [0.2, 0.25) is 0 Å². The molecule has 4 heteroatoms. The van der Waals surface area contributed by atoms with E-state index < -0.39 is 12.7 Å². The first-order chi connectivity index (χ1) is 2.81. The standard InChI is InChI=1S/C3H6O3.H2O/c4-1-3(6)2-5;/h1,3,5-6H,2H2;1H2/t3-;/m0./s1. The van der Waals surface area contributed by atoms with Gasteiger partial charge in [0, 0.05) is 0 Å². The van der Waals surface area contributed by atoms with Crippen LogP contribution < -0.4 is 0 Å². The third-order valence-electron chi connectivity index (χ3n) is 0.344. The van der Waals surface area contributed by atoms with Crippen molar-refractivity contribution in [1.29, 1.82) is 0 Å². The van der Waals surface area contributed by atoms with Gasteiger partial charge in [-0.15, -0.1) is 0 Å². The average Bonchev–Trinajstić information content (AvgIpc) is 1.65. The average molecular weight is 108 g/mol. The number of aliphatic hydroxyl groups excluding tert-OH is 2. The molecular formula is C3H8O4. The maximum absolute atomic E-state index is 9.33. The lowest BCUT2D eigenvalue weighted by molar-refractivity contribution is -0.116. The maximum Gasteiger partial charge on any atom is 0.150 e. The smallest absolute Gasteiger partial charge is 0.150 e. The van der Waals surface area contributed by atoms with Gasteiger partial charge in [0.1, 0.15) is 6.10 Å². The molecule has 0 saturated heterocycles. The van der Waals surface area contributed by atoms with Crippen LogP contribution in [0.15, 0.2) is 0 Å².